The lowest BCUT2D eigenvalue weighted by molar-refractivity contribution is -0.149. The smallest absolute Gasteiger partial charge is 0.192 e. The van der Waals surface area contributed by atoms with Crippen LogP contribution in [0.2, 0.25) is 0 Å². The number of fused-ring (bicyclic) bond motifs is 2. The number of phenols is 1. The summed E-state index contributed by atoms with van der Waals surface area (Å²) in [5.41, 5.74) is 0.388. The summed E-state index contributed by atoms with van der Waals surface area (Å²) < 4.78 is 41.1. The van der Waals surface area contributed by atoms with Gasteiger partial charge < -0.3 is 38.3 Å². The normalized spacial score (nSPS) is 13.8. The first-order valence-electron chi connectivity index (χ1n) is 15.9. The van der Waals surface area contributed by atoms with Crippen molar-refractivity contribution in [3.8, 4) is 23.0 Å². The van der Waals surface area contributed by atoms with Gasteiger partial charge in [-0.25, -0.2) is 0 Å². The first-order valence-corrected chi connectivity index (χ1v) is 17.2. The van der Waals surface area contributed by atoms with Crippen LogP contribution in [0, 0.1) is 0 Å². The van der Waals surface area contributed by atoms with E-state index in [9.17, 15) is 5.11 Å². The zero-order chi connectivity index (χ0) is 34.4. The first kappa shape index (κ1) is 35.4. The summed E-state index contributed by atoms with van der Waals surface area (Å²) in [6.45, 7) is 9.77. The van der Waals surface area contributed by atoms with Crippen LogP contribution in [0.3, 0.4) is 0 Å². The largest absolute Gasteiger partial charge is 0.507 e. The minimum absolute atomic E-state index is 0.0413. The molecule has 0 fully saturated rings. The number of aromatic hydroxyl groups is 1. The lowest BCUT2D eigenvalue weighted by Crippen LogP contribution is -2.27. The molecular formula is C39H45O8P. The molecule has 0 spiro atoms. The zero-order valence-corrected chi connectivity index (χ0v) is 29.8. The van der Waals surface area contributed by atoms with Crippen LogP contribution < -0.4 is 30.1 Å². The number of hydrogen-bond donors (Lipinski definition) is 1. The molecule has 0 saturated carbocycles. The highest BCUT2D eigenvalue weighted by Crippen LogP contribution is 2.48. The van der Waals surface area contributed by atoms with Crippen LogP contribution in [0.25, 0.3) is 21.5 Å². The van der Waals surface area contributed by atoms with Gasteiger partial charge in [-0.05, 0) is 62.2 Å². The second kappa shape index (κ2) is 15.5. The summed E-state index contributed by atoms with van der Waals surface area (Å²) >= 11 is 0. The lowest BCUT2D eigenvalue weighted by Gasteiger charge is -2.29. The molecular weight excluding hydrogens is 627 g/mol. The number of ether oxygens (including phenoxy) is 7. The molecule has 0 aliphatic rings. The van der Waals surface area contributed by atoms with Crippen LogP contribution in [0.4, 0.5) is 0 Å². The summed E-state index contributed by atoms with van der Waals surface area (Å²) in [6.07, 6.45) is -0.923. The fourth-order valence-electron chi connectivity index (χ4n) is 5.47. The van der Waals surface area contributed by atoms with Crippen molar-refractivity contribution in [1.82, 2.24) is 0 Å². The quantitative estimate of drug-likeness (QED) is 0.0962. The summed E-state index contributed by atoms with van der Waals surface area (Å²) in [4.78, 5) is 0. The van der Waals surface area contributed by atoms with Gasteiger partial charge in [0.15, 0.2) is 26.2 Å². The highest BCUT2D eigenvalue weighted by Gasteiger charge is 2.32. The van der Waals surface area contributed by atoms with Gasteiger partial charge in [0.1, 0.15) is 23.0 Å². The SMILES string of the molecule is COc1cc(P(c2ccc3ccccc3c2OCOC(C)OC)c2ccc3ccccc3c2OCOC(C)OC)c(O)c(C(C)(C)C)c1. The fraction of sp³-hybridized carbons (Fsp3) is 0.333. The molecule has 254 valence electrons. The fourth-order valence-corrected chi connectivity index (χ4v) is 8.07. The Labute approximate surface area is 284 Å². The molecule has 5 rings (SSSR count). The number of methoxy groups -OCH3 is 3. The second-order valence-corrected chi connectivity index (χ2v) is 14.5. The second-order valence-electron chi connectivity index (χ2n) is 12.4. The van der Waals surface area contributed by atoms with Crippen molar-refractivity contribution in [3.63, 3.8) is 0 Å². The molecule has 2 unspecified atom stereocenters. The molecule has 0 heterocycles. The van der Waals surface area contributed by atoms with Crippen molar-refractivity contribution < 1.29 is 38.3 Å². The van der Waals surface area contributed by atoms with Gasteiger partial charge in [0, 0.05) is 46.5 Å². The van der Waals surface area contributed by atoms with E-state index in [1.54, 1.807) is 21.3 Å². The van der Waals surface area contributed by atoms with E-state index >= 15 is 0 Å². The van der Waals surface area contributed by atoms with Crippen molar-refractivity contribution in [2.24, 2.45) is 0 Å². The third kappa shape index (κ3) is 7.70. The number of benzene rings is 5. The molecule has 1 N–H and O–H groups in total. The molecule has 0 amide bonds. The number of phenolic OH excluding ortho intramolecular Hbond substituents is 1. The van der Waals surface area contributed by atoms with E-state index in [0.717, 1.165) is 37.7 Å². The van der Waals surface area contributed by atoms with E-state index in [0.29, 0.717) is 22.6 Å². The van der Waals surface area contributed by atoms with Gasteiger partial charge in [0.25, 0.3) is 0 Å². The van der Waals surface area contributed by atoms with Crippen molar-refractivity contribution >= 4 is 45.4 Å². The van der Waals surface area contributed by atoms with Crippen LogP contribution in [0.15, 0.2) is 84.9 Å². The third-order valence-electron chi connectivity index (χ3n) is 8.22. The highest BCUT2D eigenvalue weighted by atomic mass is 31.1. The molecule has 2 atom stereocenters. The zero-order valence-electron chi connectivity index (χ0n) is 28.9. The number of hydrogen-bond acceptors (Lipinski definition) is 8. The minimum Gasteiger partial charge on any atom is -0.507 e. The van der Waals surface area contributed by atoms with E-state index in [-0.39, 0.29) is 24.8 Å². The summed E-state index contributed by atoms with van der Waals surface area (Å²) in [5.74, 6) is 2.12. The van der Waals surface area contributed by atoms with Crippen LogP contribution in [0.5, 0.6) is 23.0 Å². The van der Waals surface area contributed by atoms with Crippen molar-refractivity contribution in [2.45, 2.75) is 52.6 Å². The monoisotopic (exact) mass is 672 g/mol. The van der Waals surface area contributed by atoms with Gasteiger partial charge in [-0.1, -0.05) is 81.4 Å². The number of rotatable bonds is 14. The summed E-state index contributed by atoms with van der Waals surface area (Å²) in [6, 6.07) is 28.3. The maximum Gasteiger partial charge on any atom is 0.192 e. The Morgan fingerprint density at radius 3 is 1.56 bits per heavy atom. The molecule has 0 aliphatic heterocycles. The van der Waals surface area contributed by atoms with Gasteiger partial charge in [-0.2, -0.15) is 0 Å². The maximum absolute atomic E-state index is 12.2. The van der Waals surface area contributed by atoms with Crippen LogP contribution in [-0.4, -0.2) is 52.6 Å². The van der Waals surface area contributed by atoms with Crippen molar-refractivity contribution in [3.05, 3.63) is 90.5 Å². The summed E-state index contributed by atoms with van der Waals surface area (Å²) in [7, 11) is 3.25. The molecule has 48 heavy (non-hydrogen) atoms. The average molecular weight is 673 g/mol. The minimum atomic E-state index is -1.56. The lowest BCUT2D eigenvalue weighted by atomic mass is 9.86. The van der Waals surface area contributed by atoms with Crippen LogP contribution >= 0.6 is 7.92 Å². The summed E-state index contributed by atoms with van der Waals surface area (Å²) in [5, 5.41) is 18.5. The molecule has 5 aromatic rings. The van der Waals surface area contributed by atoms with Crippen LogP contribution in [-0.2, 0) is 24.4 Å². The Balaban J connectivity index is 1.84. The maximum atomic E-state index is 12.2. The van der Waals surface area contributed by atoms with Crippen LogP contribution in [0.1, 0.15) is 40.2 Å². The van der Waals surface area contributed by atoms with Crippen molar-refractivity contribution in [2.75, 3.05) is 34.9 Å². The predicted molar refractivity (Wildman–Crippen MR) is 193 cm³/mol. The molecule has 9 heteroatoms. The molecule has 8 nitrogen and oxygen atoms in total. The molecule has 0 aromatic heterocycles. The van der Waals surface area contributed by atoms with Gasteiger partial charge in [-0.15, -0.1) is 0 Å². The standard InChI is InChI=1S/C39H45O8P/c1-25(41-6)44-23-46-37-30-15-11-9-13-27(30)17-19-33(37)48(35-22-29(43-8)21-32(36(35)40)39(3,4)5)34-20-18-28-14-10-12-16-31(28)38(34)47-24-45-26(2)42-7/h9-22,25-26,40H,23-24H2,1-8H3. The Hall–Kier alpha value is -3.91. The van der Waals surface area contributed by atoms with Crippen molar-refractivity contribution in [1.29, 1.82) is 0 Å². The van der Waals surface area contributed by atoms with Gasteiger partial charge >= 0.3 is 0 Å². The van der Waals surface area contributed by atoms with E-state index in [2.05, 4.69) is 45.0 Å². The van der Waals surface area contributed by atoms with E-state index in [4.69, 9.17) is 33.2 Å². The van der Waals surface area contributed by atoms with Gasteiger partial charge in [-0.3, -0.25) is 0 Å². The molecule has 0 saturated heterocycles. The Morgan fingerprint density at radius 2 is 1.12 bits per heavy atom. The van der Waals surface area contributed by atoms with E-state index < -0.39 is 20.5 Å². The molecule has 5 aromatic carbocycles. The first-order chi connectivity index (χ1) is 23.1. The molecule has 0 bridgehead atoms. The van der Waals surface area contributed by atoms with E-state index in [1.165, 1.54) is 0 Å². The third-order valence-corrected chi connectivity index (χ3v) is 10.7. The Morgan fingerprint density at radius 1 is 0.646 bits per heavy atom. The van der Waals surface area contributed by atoms with Gasteiger partial charge in [0.2, 0.25) is 0 Å². The topological polar surface area (TPSA) is 84.8 Å². The Bertz CT molecular complexity index is 1750. The molecule has 0 radical (unpaired) electrons. The molecule has 0 aliphatic carbocycles. The highest BCUT2D eigenvalue weighted by molar-refractivity contribution is 7.80. The average Bonchev–Trinajstić information content (AvgIpc) is 3.09. The van der Waals surface area contributed by atoms with E-state index in [1.807, 2.05) is 74.5 Å². The Kier molecular flexibility index (Phi) is 11.5. The predicted octanol–water partition coefficient (Wildman–Crippen LogP) is 7.45. The van der Waals surface area contributed by atoms with Gasteiger partial charge in [0.05, 0.1) is 7.11 Å².